The summed E-state index contributed by atoms with van der Waals surface area (Å²) in [5.74, 6) is -0.198. The number of hydrogen-bond acceptors (Lipinski definition) is 6. The maximum atomic E-state index is 13.0. The lowest BCUT2D eigenvalue weighted by atomic mass is 10.2. The van der Waals surface area contributed by atoms with Gasteiger partial charge in [-0.2, -0.15) is 10.2 Å². The minimum Gasteiger partial charge on any atom is -0.330 e. The Morgan fingerprint density at radius 3 is 2.28 bits per heavy atom. The van der Waals surface area contributed by atoms with Gasteiger partial charge >= 0.3 is 0 Å². The number of nitrogens with zero attached hydrogens (tertiary/aromatic N) is 4. The lowest BCUT2D eigenvalue weighted by Crippen LogP contribution is -2.33. The van der Waals surface area contributed by atoms with E-state index in [1.807, 2.05) is 100 Å². The molecule has 0 unspecified atom stereocenters. The van der Waals surface area contributed by atoms with Crippen LogP contribution in [0.3, 0.4) is 0 Å². The van der Waals surface area contributed by atoms with Gasteiger partial charge in [0.05, 0.1) is 28.2 Å². The number of amides is 1. The number of nitrogens with one attached hydrogen (secondary N) is 1. The highest BCUT2D eigenvalue weighted by atomic mass is 32.2. The number of anilines is 2. The smallest absolute Gasteiger partial charge is 0.260 e. The molecule has 1 N–H and O–H groups in total. The van der Waals surface area contributed by atoms with Gasteiger partial charge in [0.25, 0.3) is 5.91 Å². The first-order valence-corrected chi connectivity index (χ1v) is 13.1. The van der Waals surface area contributed by atoms with Gasteiger partial charge in [0, 0.05) is 21.6 Å². The molecule has 0 aliphatic carbocycles. The van der Waals surface area contributed by atoms with Crippen LogP contribution in [-0.2, 0) is 4.79 Å². The largest absolute Gasteiger partial charge is 0.330 e. The summed E-state index contributed by atoms with van der Waals surface area (Å²) in [5.41, 5.74) is 7.35. The molecule has 176 valence electrons. The quantitative estimate of drug-likeness (QED) is 0.215. The van der Waals surface area contributed by atoms with E-state index in [0.717, 1.165) is 43.0 Å². The van der Waals surface area contributed by atoms with Gasteiger partial charge in [-0.3, -0.25) is 4.79 Å². The summed E-state index contributed by atoms with van der Waals surface area (Å²) < 4.78 is 1.83. The van der Waals surface area contributed by atoms with Crippen molar-refractivity contribution in [2.24, 2.45) is 5.10 Å². The van der Waals surface area contributed by atoms with E-state index in [1.165, 1.54) is 0 Å². The molecule has 0 saturated heterocycles. The van der Waals surface area contributed by atoms with Gasteiger partial charge in [-0.25, -0.2) is 10.1 Å². The maximum Gasteiger partial charge on any atom is 0.260 e. The van der Waals surface area contributed by atoms with Gasteiger partial charge in [0.2, 0.25) is 0 Å². The molecule has 1 amide bonds. The summed E-state index contributed by atoms with van der Waals surface area (Å²) in [7, 11) is 0. The molecule has 1 aliphatic rings. The SMILES string of the molecule is O=C(CN1c2ccccc2Sc2ccccc21)N/N=C\c1cn(-c2ccccc2)nc1-c1cccs1. The zero-order chi connectivity index (χ0) is 24.3. The molecule has 2 aromatic heterocycles. The highest BCUT2D eigenvalue weighted by molar-refractivity contribution is 7.99. The average Bonchev–Trinajstić information content (AvgIpc) is 3.59. The van der Waals surface area contributed by atoms with E-state index >= 15 is 0 Å². The van der Waals surface area contributed by atoms with E-state index in [9.17, 15) is 4.79 Å². The number of hydrogen-bond donors (Lipinski definition) is 1. The second-order valence-corrected chi connectivity index (χ2v) is 10.1. The predicted octanol–water partition coefficient (Wildman–Crippen LogP) is 6.35. The fourth-order valence-corrected chi connectivity index (χ4v) is 5.93. The van der Waals surface area contributed by atoms with Crippen molar-refractivity contribution in [1.82, 2.24) is 15.2 Å². The van der Waals surface area contributed by atoms with Gasteiger partial charge in [0.15, 0.2) is 0 Å². The maximum absolute atomic E-state index is 13.0. The Hall–Kier alpha value is -4.14. The van der Waals surface area contributed by atoms with Crippen LogP contribution in [0.1, 0.15) is 5.56 Å². The number of para-hydroxylation sites is 3. The second-order valence-electron chi connectivity index (χ2n) is 8.11. The van der Waals surface area contributed by atoms with Crippen LogP contribution in [0.15, 0.2) is 117 Å². The lowest BCUT2D eigenvalue weighted by Gasteiger charge is -2.31. The first-order valence-electron chi connectivity index (χ1n) is 11.4. The van der Waals surface area contributed by atoms with Crippen molar-refractivity contribution in [2.75, 3.05) is 11.4 Å². The summed E-state index contributed by atoms with van der Waals surface area (Å²) in [4.78, 5) is 18.3. The first kappa shape index (κ1) is 22.3. The van der Waals surface area contributed by atoms with E-state index in [0.29, 0.717) is 0 Å². The third-order valence-electron chi connectivity index (χ3n) is 5.74. The monoisotopic (exact) mass is 507 g/mol. The number of fused-ring (bicyclic) bond motifs is 2. The Kier molecular flexibility index (Phi) is 6.11. The van der Waals surface area contributed by atoms with Gasteiger partial charge in [-0.1, -0.05) is 60.3 Å². The number of aromatic nitrogens is 2. The van der Waals surface area contributed by atoms with Crippen LogP contribution in [0.25, 0.3) is 16.3 Å². The predicted molar refractivity (Wildman–Crippen MR) is 147 cm³/mol. The molecular weight excluding hydrogens is 486 g/mol. The first-order chi connectivity index (χ1) is 17.8. The number of rotatable bonds is 6. The standard InChI is InChI=1S/C28H21N5OS2/c34-27(19-32-22-11-4-6-13-24(22)36-25-14-7-5-12-23(25)32)30-29-17-20-18-33(21-9-2-1-3-10-21)31-28(20)26-15-8-16-35-26/h1-18H,19H2,(H,30,34)/b29-17-. The minimum atomic E-state index is -0.198. The van der Waals surface area contributed by atoms with E-state index < -0.39 is 0 Å². The van der Waals surface area contributed by atoms with Crippen molar-refractivity contribution in [1.29, 1.82) is 0 Å². The van der Waals surface area contributed by atoms with Crippen molar-refractivity contribution in [3.05, 3.63) is 108 Å². The average molecular weight is 508 g/mol. The molecule has 0 bridgehead atoms. The lowest BCUT2D eigenvalue weighted by molar-refractivity contribution is -0.119. The van der Waals surface area contributed by atoms with Gasteiger partial charge in [-0.15, -0.1) is 11.3 Å². The van der Waals surface area contributed by atoms with Gasteiger partial charge in [0.1, 0.15) is 12.2 Å². The number of benzene rings is 3. The molecule has 0 saturated carbocycles. The van der Waals surface area contributed by atoms with Crippen molar-refractivity contribution in [2.45, 2.75) is 9.79 Å². The van der Waals surface area contributed by atoms with Crippen LogP contribution in [0.2, 0.25) is 0 Å². The third kappa shape index (κ3) is 4.44. The van der Waals surface area contributed by atoms with E-state index in [-0.39, 0.29) is 12.5 Å². The van der Waals surface area contributed by atoms with Crippen molar-refractivity contribution in [3.63, 3.8) is 0 Å². The molecular formula is C28H21N5OS2. The molecule has 0 atom stereocenters. The Morgan fingerprint density at radius 2 is 1.58 bits per heavy atom. The van der Waals surface area contributed by atoms with E-state index in [1.54, 1.807) is 29.3 Å². The molecule has 0 radical (unpaired) electrons. The molecule has 0 spiro atoms. The minimum absolute atomic E-state index is 0.160. The molecule has 1 aliphatic heterocycles. The Labute approximate surface area is 216 Å². The molecule has 3 aromatic carbocycles. The van der Waals surface area contributed by atoms with Crippen LogP contribution < -0.4 is 10.3 Å². The summed E-state index contributed by atoms with van der Waals surface area (Å²) in [6.45, 7) is 0.160. The summed E-state index contributed by atoms with van der Waals surface area (Å²) in [6, 6.07) is 30.2. The number of carbonyl (C=O) groups is 1. The Balaban J connectivity index is 1.23. The number of hydrazone groups is 1. The molecule has 0 fully saturated rings. The second kappa shape index (κ2) is 9.85. The summed E-state index contributed by atoms with van der Waals surface area (Å²) in [6.07, 6.45) is 3.59. The normalized spacial score (nSPS) is 12.4. The van der Waals surface area contributed by atoms with Crippen molar-refractivity contribution in [3.8, 4) is 16.3 Å². The zero-order valence-electron chi connectivity index (χ0n) is 19.1. The van der Waals surface area contributed by atoms with Crippen LogP contribution >= 0.6 is 23.1 Å². The summed E-state index contributed by atoms with van der Waals surface area (Å²) in [5, 5.41) is 11.1. The van der Waals surface area contributed by atoms with Crippen LogP contribution in [-0.4, -0.2) is 28.4 Å². The fraction of sp³-hybridized carbons (Fsp3) is 0.0357. The Morgan fingerprint density at radius 1 is 0.889 bits per heavy atom. The molecule has 8 heteroatoms. The van der Waals surface area contributed by atoms with Gasteiger partial charge in [-0.05, 0) is 47.8 Å². The summed E-state index contributed by atoms with van der Waals surface area (Å²) >= 11 is 3.33. The highest BCUT2D eigenvalue weighted by Gasteiger charge is 2.24. The molecule has 5 aromatic rings. The van der Waals surface area contributed by atoms with E-state index in [2.05, 4.69) is 22.7 Å². The molecule has 6 rings (SSSR count). The topological polar surface area (TPSA) is 62.5 Å². The van der Waals surface area contributed by atoms with Crippen LogP contribution in [0.4, 0.5) is 11.4 Å². The fourth-order valence-electron chi connectivity index (χ4n) is 4.10. The molecule has 3 heterocycles. The van der Waals surface area contributed by atoms with Crippen LogP contribution in [0.5, 0.6) is 0 Å². The molecule has 36 heavy (non-hydrogen) atoms. The number of carbonyl (C=O) groups excluding carboxylic acids is 1. The number of thiophene rings is 1. The van der Waals surface area contributed by atoms with E-state index in [4.69, 9.17) is 5.10 Å². The highest BCUT2D eigenvalue weighted by Crippen LogP contribution is 2.47. The molecule has 6 nitrogen and oxygen atoms in total. The van der Waals surface area contributed by atoms with Crippen molar-refractivity contribution < 1.29 is 4.79 Å². The van der Waals surface area contributed by atoms with Crippen molar-refractivity contribution >= 4 is 46.6 Å². The van der Waals surface area contributed by atoms with Gasteiger partial charge < -0.3 is 4.90 Å². The third-order valence-corrected chi connectivity index (χ3v) is 7.75. The zero-order valence-corrected chi connectivity index (χ0v) is 20.7. The van der Waals surface area contributed by atoms with Crippen LogP contribution in [0, 0.1) is 0 Å². The Bertz CT molecular complexity index is 1500.